The number of piperidine rings is 1. The van der Waals surface area contributed by atoms with E-state index in [1.807, 2.05) is 0 Å². The minimum Gasteiger partial charge on any atom is -0.370 e. The first kappa shape index (κ1) is 15.3. The van der Waals surface area contributed by atoms with Gasteiger partial charge < -0.3 is 10.1 Å². The summed E-state index contributed by atoms with van der Waals surface area (Å²) in [5, 5.41) is 3.54. The molecule has 19 heavy (non-hydrogen) atoms. The SMILES string of the molecule is CC1CN(CCC(C)C2CCCNC2)CC(C)(C)O1. The van der Waals surface area contributed by atoms with Gasteiger partial charge in [-0.15, -0.1) is 0 Å². The van der Waals surface area contributed by atoms with E-state index in [0.29, 0.717) is 6.10 Å². The minimum absolute atomic E-state index is 0.0211. The quantitative estimate of drug-likeness (QED) is 0.848. The molecule has 2 rings (SSSR count). The summed E-state index contributed by atoms with van der Waals surface area (Å²) in [6.07, 6.45) is 4.47. The van der Waals surface area contributed by atoms with Crippen molar-refractivity contribution in [1.82, 2.24) is 10.2 Å². The molecule has 2 fully saturated rings. The molecule has 0 aromatic carbocycles. The Kier molecular flexibility index (Phi) is 5.27. The fraction of sp³-hybridized carbons (Fsp3) is 1.00. The van der Waals surface area contributed by atoms with E-state index in [1.54, 1.807) is 0 Å². The van der Waals surface area contributed by atoms with Crippen molar-refractivity contribution >= 4 is 0 Å². The van der Waals surface area contributed by atoms with Crippen molar-refractivity contribution in [3.8, 4) is 0 Å². The van der Waals surface area contributed by atoms with E-state index in [2.05, 4.69) is 37.9 Å². The summed E-state index contributed by atoms with van der Waals surface area (Å²) in [4.78, 5) is 2.60. The average molecular weight is 268 g/mol. The van der Waals surface area contributed by atoms with Crippen LogP contribution in [0.1, 0.15) is 47.0 Å². The molecule has 112 valence electrons. The van der Waals surface area contributed by atoms with E-state index in [-0.39, 0.29) is 5.60 Å². The highest BCUT2D eigenvalue weighted by atomic mass is 16.5. The first-order valence-electron chi connectivity index (χ1n) is 8.07. The lowest BCUT2D eigenvalue weighted by Crippen LogP contribution is -2.52. The predicted octanol–water partition coefficient (Wildman–Crippen LogP) is 2.51. The largest absolute Gasteiger partial charge is 0.370 e. The zero-order valence-electron chi connectivity index (χ0n) is 13.2. The zero-order valence-corrected chi connectivity index (χ0v) is 13.2. The van der Waals surface area contributed by atoms with Crippen molar-refractivity contribution in [3.05, 3.63) is 0 Å². The van der Waals surface area contributed by atoms with Crippen molar-refractivity contribution in [2.45, 2.75) is 58.7 Å². The Morgan fingerprint density at radius 1 is 1.42 bits per heavy atom. The molecule has 0 aromatic rings. The lowest BCUT2D eigenvalue weighted by Gasteiger charge is -2.42. The third-order valence-electron chi connectivity index (χ3n) is 4.68. The van der Waals surface area contributed by atoms with Crippen LogP contribution in [-0.2, 0) is 4.74 Å². The second-order valence-electron chi connectivity index (χ2n) is 7.30. The third-order valence-corrected chi connectivity index (χ3v) is 4.68. The Morgan fingerprint density at radius 3 is 2.84 bits per heavy atom. The number of hydrogen-bond acceptors (Lipinski definition) is 3. The molecule has 0 aromatic heterocycles. The average Bonchev–Trinajstić information content (AvgIpc) is 2.34. The molecule has 0 aliphatic carbocycles. The van der Waals surface area contributed by atoms with Gasteiger partial charge in [-0.3, -0.25) is 4.90 Å². The van der Waals surface area contributed by atoms with E-state index in [0.717, 1.165) is 24.9 Å². The number of hydrogen-bond donors (Lipinski definition) is 1. The van der Waals surface area contributed by atoms with Gasteiger partial charge in [-0.25, -0.2) is 0 Å². The summed E-state index contributed by atoms with van der Waals surface area (Å²) >= 11 is 0. The maximum atomic E-state index is 5.98. The Balaban J connectivity index is 1.74. The molecule has 3 nitrogen and oxygen atoms in total. The van der Waals surface area contributed by atoms with Crippen LogP contribution in [0.2, 0.25) is 0 Å². The van der Waals surface area contributed by atoms with Crippen LogP contribution in [-0.4, -0.2) is 49.3 Å². The van der Waals surface area contributed by atoms with Gasteiger partial charge in [0, 0.05) is 13.1 Å². The number of nitrogens with one attached hydrogen (secondary N) is 1. The number of rotatable bonds is 4. The molecular formula is C16H32N2O. The normalized spacial score (nSPS) is 34.1. The molecule has 1 N–H and O–H groups in total. The van der Waals surface area contributed by atoms with Crippen LogP contribution in [0.3, 0.4) is 0 Å². The second-order valence-corrected chi connectivity index (χ2v) is 7.30. The molecule has 3 atom stereocenters. The molecular weight excluding hydrogens is 236 g/mol. The van der Waals surface area contributed by atoms with E-state index in [9.17, 15) is 0 Å². The second kappa shape index (κ2) is 6.55. The van der Waals surface area contributed by atoms with Crippen LogP contribution in [0.15, 0.2) is 0 Å². The highest BCUT2D eigenvalue weighted by Crippen LogP contribution is 2.25. The number of morpholine rings is 1. The Labute approximate surface area is 119 Å². The summed E-state index contributed by atoms with van der Waals surface area (Å²) in [5.74, 6) is 1.73. The van der Waals surface area contributed by atoms with E-state index in [4.69, 9.17) is 4.74 Å². The van der Waals surface area contributed by atoms with Gasteiger partial charge in [0.05, 0.1) is 11.7 Å². The Hall–Kier alpha value is -0.120. The fourth-order valence-electron chi connectivity index (χ4n) is 3.74. The van der Waals surface area contributed by atoms with Crippen molar-refractivity contribution in [2.24, 2.45) is 11.8 Å². The van der Waals surface area contributed by atoms with Gasteiger partial charge in [0.1, 0.15) is 0 Å². The Morgan fingerprint density at radius 2 is 2.21 bits per heavy atom. The van der Waals surface area contributed by atoms with E-state index in [1.165, 1.54) is 38.9 Å². The smallest absolute Gasteiger partial charge is 0.0757 e. The van der Waals surface area contributed by atoms with Gasteiger partial charge in [0.2, 0.25) is 0 Å². The first-order chi connectivity index (χ1) is 8.96. The molecule has 3 heteroatoms. The summed E-state index contributed by atoms with van der Waals surface area (Å²) in [7, 11) is 0. The van der Waals surface area contributed by atoms with Crippen LogP contribution in [0.5, 0.6) is 0 Å². The van der Waals surface area contributed by atoms with Gasteiger partial charge in [-0.1, -0.05) is 6.92 Å². The lowest BCUT2D eigenvalue weighted by atomic mass is 9.85. The van der Waals surface area contributed by atoms with Crippen LogP contribution in [0, 0.1) is 11.8 Å². The highest BCUT2D eigenvalue weighted by molar-refractivity contribution is 4.83. The van der Waals surface area contributed by atoms with Gasteiger partial charge in [0.25, 0.3) is 0 Å². The molecule has 2 saturated heterocycles. The summed E-state index contributed by atoms with van der Waals surface area (Å²) < 4.78 is 5.98. The van der Waals surface area contributed by atoms with Crippen molar-refractivity contribution in [2.75, 3.05) is 32.7 Å². The molecule has 2 aliphatic heterocycles. The van der Waals surface area contributed by atoms with Crippen LogP contribution < -0.4 is 5.32 Å². The van der Waals surface area contributed by atoms with Gasteiger partial charge in [0.15, 0.2) is 0 Å². The fourth-order valence-corrected chi connectivity index (χ4v) is 3.74. The number of nitrogens with zero attached hydrogens (tertiary/aromatic N) is 1. The monoisotopic (exact) mass is 268 g/mol. The molecule has 0 radical (unpaired) electrons. The molecule has 0 spiro atoms. The number of ether oxygens (including phenoxy) is 1. The Bertz CT molecular complexity index is 274. The van der Waals surface area contributed by atoms with Crippen LogP contribution in [0.25, 0.3) is 0 Å². The molecule has 0 bridgehead atoms. The molecule has 2 heterocycles. The standard InChI is InChI=1S/C16H32N2O/c1-13(15-6-5-8-17-10-15)7-9-18-11-14(2)19-16(3,4)12-18/h13-15,17H,5-12H2,1-4H3. The van der Waals surface area contributed by atoms with Crippen molar-refractivity contribution in [3.63, 3.8) is 0 Å². The zero-order chi connectivity index (χ0) is 13.9. The summed E-state index contributed by atoms with van der Waals surface area (Å²) in [6.45, 7) is 14.9. The third kappa shape index (κ3) is 4.73. The molecule has 2 aliphatic rings. The maximum absolute atomic E-state index is 5.98. The lowest BCUT2D eigenvalue weighted by molar-refractivity contribution is -0.129. The van der Waals surface area contributed by atoms with Crippen LogP contribution in [0.4, 0.5) is 0 Å². The molecule has 0 saturated carbocycles. The molecule has 0 amide bonds. The first-order valence-corrected chi connectivity index (χ1v) is 8.07. The van der Waals surface area contributed by atoms with Gasteiger partial charge >= 0.3 is 0 Å². The summed E-state index contributed by atoms with van der Waals surface area (Å²) in [6, 6.07) is 0. The van der Waals surface area contributed by atoms with Crippen molar-refractivity contribution in [1.29, 1.82) is 0 Å². The van der Waals surface area contributed by atoms with Gasteiger partial charge in [-0.05, 0) is 71.5 Å². The predicted molar refractivity (Wildman–Crippen MR) is 80.4 cm³/mol. The topological polar surface area (TPSA) is 24.5 Å². The van der Waals surface area contributed by atoms with E-state index >= 15 is 0 Å². The highest BCUT2D eigenvalue weighted by Gasteiger charge is 2.31. The maximum Gasteiger partial charge on any atom is 0.0757 e. The van der Waals surface area contributed by atoms with Crippen LogP contribution >= 0.6 is 0 Å². The minimum atomic E-state index is 0.0211. The van der Waals surface area contributed by atoms with E-state index < -0.39 is 0 Å². The van der Waals surface area contributed by atoms with Gasteiger partial charge in [-0.2, -0.15) is 0 Å². The summed E-state index contributed by atoms with van der Waals surface area (Å²) in [5.41, 5.74) is 0.0211. The van der Waals surface area contributed by atoms with Crippen molar-refractivity contribution < 1.29 is 4.74 Å². The molecule has 3 unspecified atom stereocenters.